The zero-order valence-electron chi connectivity index (χ0n) is 15.5. The molecule has 0 aliphatic carbocycles. The zero-order valence-corrected chi connectivity index (χ0v) is 17.1. The van der Waals surface area contributed by atoms with E-state index in [9.17, 15) is 5.26 Å². The normalized spacial score (nSPS) is 27.4. The Morgan fingerprint density at radius 1 is 0.885 bits per heavy atom. The standard InChI is InChI=1S/C23H27N2.BrH/c1-2-25-16-13-22(14-17-25,15-18-25)23(19-24,20-9-5-3-6-10-20)21-11-7-4-8-12-21;/h3-12H,2,13-18H2,1H3;1H/q+1;/p-1. The van der Waals surface area contributed by atoms with E-state index in [0.29, 0.717) is 0 Å². The topological polar surface area (TPSA) is 23.8 Å². The van der Waals surface area contributed by atoms with Crippen LogP contribution in [0.1, 0.15) is 37.3 Å². The van der Waals surface area contributed by atoms with Gasteiger partial charge in [0, 0.05) is 24.7 Å². The van der Waals surface area contributed by atoms with Crippen LogP contribution >= 0.6 is 0 Å². The summed E-state index contributed by atoms with van der Waals surface area (Å²) in [5.74, 6) is 0. The average molecular weight is 411 g/mol. The van der Waals surface area contributed by atoms with Crippen molar-refractivity contribution in [2.24, 2.45) is 5.41 Å². The van der Waals surface area contributed by atoms with Crippen LogP contribution in [-0.2, 0) is 5.41 Å². The number of hydrogen-bond donors (Lipinski definition) is 0. The van der Waals surface area contributed by atoms with Crippen LogP contribution in [0, 0.1) is 16.7 Å². The van der Waals surface area contributed by atoms with Crippen molar-refractivity contribution < 1.29 is 21.5 Å². The largest absolute Gasteiger partial charge is 1.00 e. The first-order valence-corrected chi connectivity index (χ1v) is 9.58. The third kappa shape index (κ3) is 2.63. The Morgan fingerprint density at radius 3 is 1.65 bits per heavy atom. The number of nitriles is 1. The molecule has 3 heterocycles. The predicted molar refractivity (Wildman–Crippen MR) is 101 cm³/mol. The molecule has 0 unspecified atom stereocenters. The lowest BCUT2D eigenvalue weighted by atomic mass is 9.51. The van der Waals surface area contributed by atoms with E-state index in [1.54, 1.807) is 0 Å². The minimum absolute atomic E-state index is 0. The molecule has 3 fully saturated rings. The van der Waals surface area contributed by atoms with Gasteiger partial charge in [0.25, 0.3) is 0 Å². The summed E-state index contributed by atoms with van der Waals surface area (Å²) in [5, 5.41) is 10.6. The first kappa shape index (κ1) is 19.1. The van der Waals surface area contributed by atoms with Crippen LogP contribution in [0.15, 0.2) is 60.7 Å². The lowest BCUT2D eigenvalue weighted by Crippen LogP contribution is -3.00. The van der Waals surface area contributed by atoms with Crippen LogP contribution in [0.5, 0.6) is 0 Å². The molecule has 5 rings (SSSR count). The van der Waals surface area contributed by atoms with Gasteiger partial charge in [0.15, 0.2) is 0 Å². The summed E-state index contributed by atoms with van der Waals surface area (Å²) < 4.78 is 1.26. The van der Waals surface area contributed by atoms with E-state index in [-0.39, 0.29) is 22.4 Å². The van der Waals surface area contributed by atoms with Crippen molar-refractivity contribution in [1.82, 2.24) is 0 Å². The zero-order chi connectivity index (χ0) is 17.4. The van der Waals surface area contributed by atoms with Crippen LogP contribution < -0.4 is 17.0 Å². The van der Waals surface area contributed by atoms with Gasteiger partial charge in [-0.2, -0.15) is 5.26 Å². The lowest BCUT2D eigenvalue weighted by Gasteiger charge is -2.59. The van der Waals surface area contributed by atoms with Gasteiger partial charge in [0.1, 0.15) is 5.41 Å². The fourth-order valence-electron chi connectivity index (χ4n) is 5.50. The van der Waals surface area contributed by atoms with Crippen molar-refractivity contribution >= 4 is 0 Å². The van der Waals surface area contributed by atoms with Crippen LogP contribution in [-0.4, -0.2) is 30.7 Å². The van der Waals surface area contributed by atoms with Gasteiger partial charge in [-0.25, -0.2) is 0 Å². The van der Waals surface area contributed by atoms with Crippen molar-refractivity contribution in [3.05, 3.63) is 71.8 Å². The van der Waals surface area contributed by atoms with Crippen molar-refractivity contribution in [3.8, 4) is 6.07 Å². The SMILES string of the molecule is CC[N+]12CCC(C(C#N)(c3ccccc3)c3ccccc3)(CC1)CC2.[Br-]. The highest BCUT2D eigenvalue weighted by molar-refractivity contribution is 5.49. The molecule has 2 aromatic rings. The van der Waals surface area contributed by atoms with E-state index in [0.717, 1.165) is 19.3 Å². The molecule has 2 nitrogen and oxygen atoms in total. The monoisotopic (exact) mass is 410 g/mol. The first-order chi connectivity index (χ1) is 12.2. The van der Waals surface area contributed by atoms with Gasteiger partial charge in [-0.05, 0) is 18.1 Å². The summed E-state index contributed by atoms with van der Waals surface area (Å²) >= 11 is 0. The maximum absolute atomic E-state index is 10.6. The van der Waals surface area contributed by atoms with E-state index in [2.05, 4.69) is 73.7 Å². The highest BCUT2D eigenvalue weighted by atomic mass is 79.9. The first-order valence-electron chi connectivity index (χ1n) is 9.58. The van der Waals surface area contributed by atoms with E-state index in [4.69, 9.17) is 0 Å². The molecule has 0 N–H and O–H groups in total. The molecule has 3 heteroatoms. The third-order valence-corrected chi connectivity index (χ3v) is 7.24. The fraction of sp³-hybridized carbons (Fsp3) is 0.435. The quantitative estimate of drug-likeness (QED) is 0.700. The fourth-order valence-corrected chi connectivity index (χ4v) is 5.50. The Morgan fingerprint density at radius 2 is 1.31 bits per heavy atom. The molecule has 3 aliphatic heterocycles. The Kier molecular flexibility index (Phi) is 5.28. The Hall–Kier alpha value is -1.63. The third-order valence-electron chi connectivity index (χ3n) is 7.24. The van der Waals surface area contributed by atoms with E-state index < -0.39 is 5.41 Å². The van der Waals surface area contributed by atoms with Crippen molar-refractivity contribution in [2.45, 2.75) is 31.6 Å². The summed E-state index contributed by atoms with van der Waals surface area (Å²) in [6.07, 6.45) is 3.45. The number of halogens is 1. The Labute approximate surface area is 167 Å². The number of quaternary nitrogens is 1. The van der Waals surface area contributed by atoms with E-state index >= 15 is 0 Å². The molecule has 0 aromatic heterocycles. The highest BCUT2D eigenvalue weighted by Gasteiger charge is 2.60. The van der Waals surface area contributed by atoms with Crippen LogP contribution in [0.25, 0.3) is 0 Å². The summed E-state index contributed by atoms with van der Waals surface area (Å²) in [7, 11) is 0. The van der Waals surface area contributed by atoms with Crippen LogP contribution in [0.4, 0.5) is 0 Å². The second kappa shape index (κ2) is 7.18. The molecular formula is C23H27BrN2. The number of nitrogens with zero attached hydrogens (tertiary/aromatic N) is 2. The molecule has 0 amide bonds. The van der Waals surface area contributed by atoms with Gasteiger partial charge in [0.05, 0.1) is 32.2 Å². The molecule has 0 atom stereocenters. The maximum Gasteiger partial charge on any atom is 0.113 e. The maximum atomic E-state index is 10.6. The average Bonchev–Trinajstić information content (AvgIpc) is 2.72. The second-order valence-electron chi connectivity index (χ2n) is 7.95. The Bertz CT molecular complexity index is 715. The number of rotatable bonds is 4. The van der Waals surface area contributed by atoms with Gasteiger partial charge in [-0.3, -0.25) is 0 Å². The van der Waals surface area contributed by atoms with Crippen molar-refractivity contribution in [3.63, 3.8) is 0 Å². The highest BCUT2D eigenvalue weighted by Crippen LogP contribution is 2.58. The molecular weight excluding hydrogens is 384 g/mol. The number of piperidine rings is 3. The summed E-state index contributed by atoms with van der Waals surface area (Å²) in [6, 6.07) is 23.9. The van der Waals surface area contributed by atoms with Gasteiger partial charge in [0.2, 0.25) is 0 Å². The smallest absolute Gasteiger partial charge is 0.113 e. The number of hydrogen-bond acceptors (Lipinski definition) is 1. The molecule has 26 heavy (non-hydrogen) atoms. The lowest BCUT2D eigenvalue weighted by molar-refractivity contribution is -0.944. The Balaban J connectivity index is 0.00000196. The van der Waals surface area contributed by atoms with Gasteiger partial charge in [-0.1, -0.05) is 60.7 Å². The molecule has 3 aliphatic rings. The molecule has 0 spiro atoms. The second-order valence-corrected chi connectivity index (χ2v) is 7.95. The van der Waals surface area contributed by atoms with Gasteiger partial charge >= 0.3 is 0 Å². The predicted octanol–water partition coefficient (Wildman–Crippen LogP) is 1.52. The number of benzene rings is 2. The van der Waals surface area contributed by atoms with Gasteiger partial charge < -0.3 is 21.5 Å². The molecule has 0 radical (unpaired) electrons. The van der Waals surface area contributed by atoms with E-state index in [1.165, 1.54) is 41.8 Å². The molecule has 2 bridgehead atoms. The minimum atomic E-state index is -0.542. The summed E-state index contributed by atoms with van der Waals surface area (Å²) in [5.41, 5.74) is 1.85. The summed E-state index contributed by atoms with van der Waals surface area (Å²) in [6.45, 7) is 7.22. The summed E-state index contributed by atoms with van der Waals surface area (Å²) in [4.78, 5) is 0. The van der Waals surface area contributed by atoms with Crippen LogP contribution in [0.2, 0.25) is 0 Å². The molecule has 3 saturated heterocycles. The molecule has 0 saturated carbocycles. The van der Waals surface area contributed by atoms with E-state index in [1.807, 2.05) is 0 Å². The number of fused-ring (bicyclic) bond motifs is 3. The van der Waals surface area contributed by atoms with Crippen LogP contribution in [0.3, 0.4) is 0 Å². The van der Waals surface area contributed by atoms with Gasteiger partial charge in [-0.15, -0.1) is 0 Å². The molecule has 2 aromatic carbocycles. The van der Waals surface area contributed by atoms with Crippen molar-refractivity contribution in [2.75, 3.05) is 26.2 Å². The van der Waals surface area contributed by atoms with Crippen molar-refractivity contribution in [1.29, 1.82) is 5.26 Å². The molecule has 136 valence electrons. The minimum Gasteiger partial charge on any atom is -1.00 e.